The summed E-state index contributed by atoms with van der Waals surface area (Å²) in [5.74, 6) is 2.64. The third kappa shape index (κ3) is 4.29. The van der Waals surface area contributed by atoms with Gasteiger partial charge in [-0.2, -0.15) is 0 Å². The number of imidazole rings is 1. The number of carbonyl (C=O) groups excluding carboxylic acids is 1. The molecule has 1 aliphatic heterocycles. The minimum atomic E-state index is 0.00970. The van der Waals surface area contributed by atoms with Crippen LogP contribution in [0.25, 0.3) is 11.0 Å². The van der Waals surface area contributed by atoms with Crippen molar-refractivity contribution < 1.29 is 14.3 Å². The summed E-state index contributed by atoms with van der Waals surface area (Å²) < 4.78 is 13.5. The van der Waals surface area contributed by atoms with Crippen LogP contribution in [-0.4, -0.2) is 35.7 Å². The lowest BCUT2D eigenvalue weighted by atomic mass is 10.1. The Balaban J connectivity index is 1.39. The fourth-order valence-corrected chi connectivity index (χ4v) is 4.44. The number of anilines is 1. The number of aryl methyl sites for hydroxylation is 1. The van der Waals surface area contributed by atoms with Crippen molar-refractivity contribution >= 4 is 22.6 Å². The van der Waals surface area contributed by atoms with Crippen LogP contribution < -0.4 is 14.4 Å². The molecule has 6 heteroatoms. The highest BCUT2D eigenvalue weighted by atomic mass is 16.5. The summed E-state index contributed by atoms with van der Waals surface area (Å²) in [6.07, 6.45) is 0.430. The monoisotopic (exact) mass is 441 g/mol. The zero-order chi connectivity index (χ0) is 22.8. The number of para-hydroxylation sites is 2. The van der Waals surface area contributed by atoms with Crippen LogP contribution in [0.15, 0.2) is 72.8 Å². The van der Waals surface area contributed by atoms with Gasteiger partial charge in [0.25, 0.3) is 0 Å². The van der Waals surface area contributed by atoms with E-state index in [1.807, 2.05) is 71.6 Å². The topological polar surface area (TPSA) is 56.6 Å². The van der Waals surface area contributed by atoms with Gasteiger partial charge in [-0.15, -0.1) is 0 Å². The lowest BCUT2D eigenvalue weighted by molar-refractivity contribution is -0.117. The van der Waals surface area contributed by atoms with E-state index >= 15 is 0 Å². The summed E-state index contributed by atoms with van der Waals surface area (Å²) in [4.78, 5) is 19.7. The normalized spacial score (nSPS) is 15.9. The van der Waals surface area contributed by atoms with Crippen molar-refractivity contribution in [3.05, 3.63) is 84.2 Å². The maximum Gasteiger partial charge on any atom is 0.227 e. The lowest BCUT2D eigenvalue weighted by Crippen LogP contribution is -2.24. The van der Waals surface area contributed by atoms with E-state index in [4.69, 9.17) is 14.5 Å². The predicted molar refractivity (Wildman–Crippen MR) is 129 cm³/mol. The highest BCUT2D eigenvalue weighted by Gasteiger charge is 2.35. The second kappa shape index (κ2) is 8.98. The standard InChI is InChI=1S/C27H27N3O3/c1-19-10-12-22(13-11-19)33-15-14-29-25-9-4-3-8-24(25)28-27(29)20-16-26(31)30(18-20)21-6-5-7-23(17-21)32-2/h3-13,17,20H,14-16,18H2,1-2H3. The summed E-state index contributed by atoms with van der Waals surface area (Å²) in [5.41, 5.74) is 4.06. The van der Waals surface area contributed by atoms with Gasteiger partial charge in [0.15, 0.2) is 0 Å². The number of hydrogen-bond acceptors (Lipinski definition) is 4. The molecule has 0 radical (unpaired) electrons. The van der Waals surface area contributed by atoms with Gasteiger partial charge in [-0.1, -0.05) is 35.9 Å². The average Bonchev–Trinajstić information content (AvgIpc) is 3.41. The minimum absolute atomic E-state index is 0.00970. The summed E-state index contributed by atoms with van der Waals surface area (Å²) in [6, 6.07) is 23.8. The quantitative estimate of drug-likeness (QED) is 0.407. The molecule has 1 saturated heterocycles. The van der Waals surface area contributed by atoms with Gasteiger partial charge in [0.1, 0.15) is 23.9 Å². The molecule has 5 rings (SSSR count). The number of aromatic nitrogens is 2. The second-order valence-electron chi connectivity index (χ2n) is 8.38. The van der Waals surface area contributed by atoms with Crippen LogP contribution >= 0.6 is 0 Å². The zero-order valence-electron chi connectivity index (χ0n) is 18.9. The van der Waals surface area contributed by atoms with E-state index in [9.17, 15) is 4.79 Å². The molecule has 3 aromatic carbocycles. The first-order valence-electron chi connectivity index (χ1n) is 11.2. The average molecular weight is 442 g/mol. The highest BCUT2D eigenvalue weighted by molar-refractivity contribution is 5.96. The Labute approximate surface area is 193 Å². The van der Waals surface area contributed by atoms with E-state index in [-0.39, 0.29) is 11.8 Å². The van der Waals surface area contributed by atoms with E-state index in [0.717, 1.165) is 34.0 Å². The first-order valence-corrected chi connectivity index (χ1v) is 11.2. The summed E-state index contributed by atoms with van der Waals surface area (Å²) in [7, 11) is 1.63. The smallest absolute Gasteiger partial charge is 0.227 e. The van der Waals surface area contributed by atoms with Crippen molar-refractivity contribution in [2.24, 2.45) is 0 Å². The molecule has 2 heterocycles. The largest absolute Gasteiger partial charge is 0.497 e. The number of rotatable bonds is 7. The highest BCUT2D eigenvalue weighted by Crippen LogP contribution is 2.34. The third-order valence-electron chi connectivity index (χ3n) is 6.14. The van der Waals surface area contributed by atoms with Crippen molar-refractivity contribution in [3.63, 3.8) is 0 Å². The van der Waals surface area contributed by atoms with E-state index < -0.39 is 0 Å². The van der Waals surface area contributed by atoms with Crippen molar-refractivity contribution in [1.29, 1.82) is 0 Å². The van der Waals surface area contributed by atoms with Crippen molar-refractivity contribution in [1.82, 2.24) is 9.55 Å². The Morgan fingerprint density at radius 1 is 1.00 bits per heavy atom. The Kier molecular flexibility index (Phi) is 5.73. The van der Waals surface area contributed by atoms with Gasteiger partial charge in [0.2, 0.25) is 5.91 Å². The van der Waals surface area contributed by atoms with E-state index in [0.29, 0.717) is 26.1 Å². The fourth-order valence-electron chi connectivity index (χ4n) is 4.44. The van der Waals surface area contributed by atoms with Gasteiger partial charge in [-0.3, -0.25) is 4.79 Å². The molecule has 4 aromatic rings. The van der Waals surface area contributed by atoms with Gasteiger partial charge < -0.3 is 18.9 Å². The van der Waals surface area contributed by atoms with Crippen LogP contribution in [-0.2, 0) is 11.3 Å². The Morgan fingerprint density at radius 2 is 1.82 bits per heavy atom. The van der Waals surface area contributed by atoms with Crippen LogP contribution in [0.3, 0.4) is 0 Å². The molecule has 33 heavy (non-hydrogen) atoms. The van der Waals surface area contributed by atoms with E-state index in [2.05, 4.69) is 17.6 Å². The van der Waals surface area contributed by atoms with Gasteiger partial charge in [0.05, 0.1) is 24.7 Å². The first-order chi connectivity index (χ1) is 16.1. The van der Waals surface area contributed by atoms with Gasteiger partial charge in [-0.05, 0) is 43.3 Å². The Hall–Kier alpha value is -3.80. The van der Waals surface area contributed by atoms with Crippen LogP contribution in [0.4, 0.5) is 5.69 Å². The molecule has 1 amide bonds. The first kappa shape index (κ1) is 21.1. The molecular weight excluding hydrogens is 414 g/mol. The van der Waals surface area contributed by atoms with Crippen molar-refractivity contribution in [2.45, 2.75) is 25.8 Å². The minimum Gasteiger partial charge on any atom is -0.497 e. The fraction of sp³-hybridized carbons (Fsp3) is 0.259. The molecule has 1 aromatic heterocycles. The summed E-state index contributed by atoms with van der Waals surface area (Å²) >= 11 is 0. The molecule has 6 nitrogen and oxygen atoms in total. The Bertz CT molecular complexity index is 1280. The molecule has 1 unspecified atom stereocenters. The van der Waals surface area contributed by atoms with Gasteiger partial charge >= 0.3 is 0 Å². The Morgan fingerprint density at radius 3 is 2.64 bits per heavy atom. The summed E-state index contributed by atoms with van der Waals surface area (Å²) in [5, 5.41) is 0. The van der Waals surface area contributed by atoms with Gasteiger partial charge in [-0.25, -0.2) is 4.98 Å². The maximum absolute atomic E-state index is 12.9. The van der Waals surface area contributed by atoms with Crippen LogP contribution in [0, 0.1) is 6.92 Å². The van der Waals surface area contributed by atoms with E-state index in [1.165, 1.54) is 5.56 Å². The summed E-state index contributed by atoms with van der Waals surface area (Å²) in [6.45, 7) is 3.84. The molecule has 0 spiro atoms. The maximum atomic E-state index is 12.9. The number of nitrogens with zero attached hydrogens (tertiary/aromatic N) is 3. The number of ether oxygens (including phenoxy) is 2. The molecule has 0 aliphatic carbocycles. The molecule has 0 saturated carbocycles. The van der Waals surface area contributed by atoms with Crippen LogP contribution in [0.2, 0.25) is 0 Å². The van der Waals surface area contributed by atoms with E-state index in [1.54, 1.807) is 7.11 Å². The number of amides is 1. The molecule has 1 aliphatic rings. The second-order valence-corrected chi connectivity index (χ2v) is 8.38. The SMILES string of the molecule is COc1cccc(N2CC(c3nc4ccccc4n3CCOc3ccc(C)cc3)CC2=O)c1. The van der Waals surface area contributed by atoms with Crippen molar-refractivity contribution in [2.75, 3.05) is 25.2 Å². The molecule has 0 N–H and O–H groups in total. The predicted octanol–water partition coefficient (Wildman–Crippen LogP) is 4.95. The molecule has 0 bridgehead atoms. The van der Waals surface area contributed by atoms with Gasteiger partial charge in [0, 0.05) is 30.6 Å². The number of hydrogen-bond donors (Lipinski definition) is 0. The van der Waals surface area contributed by atoms with Crippen molar-refractivity contribution in [3.8, 4) is 11.5 Å². The number of benzene rings is 3. The number of methoxy groups -OCH3 is 1. The molecule has 1 atom stereocenters. The molecule has 168 valence electrons. The molecule has 1 fully saturated rings. The zero-order valence-corrected chi connectivity index (χ0v) is 18.9. The molecular formula is C27H27N3O3. The van der Waals surface area contributed by atoms with Crippen LogP contribution in [0.5, 0.6) is 11.5 Å². The van der Waals surface area contributed by atoms with Crippen LogP contribution in [0.1, 0.15) is 23.7 Å². The third-order valence-corrected chi connectivity index (χ3v) is 6.14. The number of fused-ring (bicyclic) bond motifs is 1. The lowest BCUT2D eigenvalue weighted by Gasteiger charge is -2.18. The number of carbonyl (C=O) groups is 1.